The highest BCUT2D eigenvalue weighted by Gasteiger charge is 2.36. The molecule has 106 valence electrons. The van der Waals surface area contributed by atoms with Crippen molar-refractivity contribution >= 4 is 0 Å². The third kappa shape index (κ3) is 3.27. The Morgan fingerprint density at radius 1 is 1.22 bits per heavy atom. The van der Waals surface area contributed by atoms with Crippen LogP contribution in [0.1, 0.15) is 65.7 Å². The van der Waals surface area contributed by atoms with Gasteiger partial charge in [-0.25, -0.2) is 0 Å². The van der Waals surface area contributed by atoms with Crippen molar-refractivity contribution in [3.05, 3.63) is 0 Å². The highest BCUT2D eigenvalue weighted by atomic mass is 15.2. The number of hydrogen-bond donors (Lipinski definition) is 1. The van der Waals surface area contributed by atoms with Crippen molar-refractivity contribution in [2.24, 2.45) is 5.41 Å². The molecule has 2 atom stereocenters. The second kappa shape index (κ2) is 6.38. The minimum absolute atomic E-state index is 0.666. The van der Waals surface area contributed by atoms with Gasteiger partial charge in [0.25, 0.3) is 0 Å². The van der Waals surface area contributed by atoms with Crippen molar-refractivity contribution in [1.82, 2.24) is 10.2 Å². The highest BCUT2D eigenvalue weighted by Crippen LogP contribution is 2.42. The first-order valence-corrected chi connectivity index (χ1v) is 8.16. The first-order chi connectivity index (χ1) is 8.69. The van der Waals surface area contributed by atoms with Gasteiger partial charge in [0.2, 0.25) is 0 Å². The fraction of sp³-hybridized carbons (Fsp3) is 1.00. The number of rotatable bonds is 5. The van der Waals surface area contributed by atoms with Crippen molar-refractivity contribution in [3.8, 4) is 0 Å². The number of nitrogens with zero attached hydrogens (tertiary/aromatic N) is 1. The van der Waals surface area contributed by atoms with Crippen molar-refractivity contribution in [1.29, 1.82) is 0 Å². The van der Waals surface area contributed by atoms with Crippen LogP contribution in [0.2, 0.25) is 0 Å². The summed E-state index contributed by atoms with van der Waals surface area (Å²) < 4.78 is 0. The second-order valence-corrected chi connectivity index (χ2v) is 6.66. The van der Waals surface area contributed by atoms with E-state index in [4.69, 9.17) is 0 Å². The smallest absolute Gasteiger partial charge is 0.00939 e. The van der Waals surface area contributed by atoms with Gasteiger partial charge in [0.1, 0.15) is 0 Å². The van der Waals surface area contributed by atoms with Crippen LogP contribution in [0.4, 0.5) is 0 Å². The molecular weight excluding hydrogens is 220 g/mol. The lowest BCUT2D eigenvalue weighted by Gasteiger charge is -2.43. The van der Waals surface area contributed by atoms with Crippen LogP contribution in [0.25, 0.3) is 0 Å². The number of nitrogens with one attached hydrogen (secondary N) is 1. The Bertz CT molecular complexity index is 245. The molecule has 2 heteroatoms. The van der Waals surface area contributed by atoms with E-state index in [0.29, 0.717) is 5.41 Å². The molecule has 0 aromatic heterocycles. The molecule has 0 bridgehead atoms. The van der Waals surface area contributed by atoms with E-state index in [1.165, 1.54) is 58.0 Å². The molecule has 1 N–H and O–H groups in total. The van der Waals surface area contributed by atoms with Gasteiger partial charge in [0.05, 0.1) is 0 Å². The van der Waals surface area contributed by atoms with Gasteiger partial charge >= 0.3 is 0 Å². The fourth-order valence-corrected chi connectivity index (χ4v) is 4.11. The van der Waals surface area contributed by atoms with Gasteiger partial charge in [0, 0.05) is 18.6 Å². The highest BCUT2D eigenvalue weighted by molar-refractivity contribution is 4.90. The predicted octanol–water partition coefficient (Wildman–Crippen LogP) is 3.42. The Kier molecular flexibility index (Phi) is 5.08. The molecule has 1 aliphatic heterocycles. The lowest BCUT2D eigenvalue weighted by Crippen LogP contribution is -2.50. The zero-order valence-electron chi connectivity index (χ0n) is 12.7. The third-order valence-corrected chi connectivity index (χ3v) is 5.46. The maximum absolute atomic E-state index is 3.63. The first-order valence-electron chi connectivity index (χ1n) is 8.16. The van der Waals surface area contributed by atoms with Gasteiger partial charge in [0.15, 0.2) is 0 Å². The Hall–Kier alpha value is -0.0800. The molecule has 1 saturated carbocycles. The van der Waals surface area contributed by atoms with Gasteiger partial charge in [-0.2, -0.15) is 0 Å². The van der Waals surface area contributed by atoms with Crippen molar-refractivity contribution in [3.63, 3.8) is 0 Å². The average molecular weight is 252 g/mol. The van der Waals surface area contributed by atoms with E-state index in [-0.39, 0.29) is 0 Å². The predicted molar refractivity (Wildman–Crippen MR) is 78.9 cm³/mol. The maximum Gasteiger partial charge on any atom is 0.00939 e. The minimum atomic E-state index is 0.666. The monoisotopic (exact) mass is 252 g/mol. The molecule has 2 rings (SSSR count). The molecule has 2 fully saturated rings. The number of likely N-dealkylation sites (tertiary alicyclic amines) is 1. The van der Waals surface area contributed by atoms with Crippen molar-refractivity contribution in [2.75, 3.05) is 19.6 Å². The summed E-state index contributed by atoms with van der Waals surface area (Å²) in [4.78, 5) is 2.78. The molecule has 18 heavy (non-hydrogen) atoms. The normalized spacial score (nSPS) is 32.8. The summed E-state index contributed by atoms with van der Waals surface area (Å²) >= 11 is 0. The number of hydrogen-bond acceptors (Lipinski definition) is 2. The minimum Gasteiger partial charge on any atom is -0.314 e. The van der Waals surface area contributed by atoms with Gasteiger partial charge < -0.3 is 5.32 Å². The zero-order chi connectivity index (χ0) is 13.0. The summed E-state index contributed by atoms with van der Waals surface area (Å²) in [6.45, 7) is 10.9. The molecular formula is C16H32N2. The maximum atomic E-state index is 3.63. The van der Waals surface area contributed by atoms with Crippen LogP contribution in [0.3, 0.4) is 0 Å². The average Bonchev–Trinajstić information content (AvgIpc) is 2.82. The van der Waals surface area contributed by atoms with Crippen LogP contribution < -0.4 is 5.32 Å². The molecule has 2 unspecified atom stereocenters. The van der Waals surface area contributed by atoms with Crippen molar-refractivity contribution < 1.29 is 0 Å². The van der Waals surface area contributed by atoms with Crippen molar-refractivity contribution in [2.45, 2.75) is 77.8 Å². The molecule has 2 aliphatic rings. The summed E-state index contributed by atoms with van der Waals surface area (Å²) in [5, 5.41) is 3.63. The molecule has 0 amide bonds. The van der Waals surface area contributed by atoms with E-state index >= 15 is 0 Å². The van der Waals surface area contributed by atoms with Crippen LogP contribution in [0, 0.1) is 5.41 Å². The van der Waals surface area contributed by atoms with Crippen LogP contribution in [-0.4, -0.2) is 36.6 Å². The summed E-state index contributed by atoms with van der Waals surface area (Å²) in [5.74, 6) is 0. The topological polar surface area (TPSA) is 15.3 Å². The van der Waals surface area contributed by atoms with E-state index < -0.39 is 0 Å². The van der Waals surface area contributed by atoms with Crippen LogP contribution >= 0.6 is 0 Å². The summed E-state index contributed by atoms with van der Waals surface area (Å²) in [7, 11) is 0. The second-order valence-electron chi connectivity index (χ2n) is 6.66. The zero-order valence-corrected chi connectivity index (χ0v) is 12.7. The lowest BCUT2D eigenvalue weighted by atomic mass is 9.81. The molecule has 0 spiro atoms. The Labute approximate surface area is 114 Å². The van der Waals surface area contributed by atoms with Crippen LogP contribution in [0.15, 0.2) is 0 Å². The van der Waals surface area contributed by atoms with Gasteiger partial charge in [-0.3, -0.25) is 4.90 Å². The van der Waals surface area contributed by atoms with Gasteiger partial charge in [-0.1, -0.05) is 26.7 Å². The summed E-state index contributed by atoms with van der Waals surface area (Å²) in [6.07, 6.45) is 9.96. The standard InChI is InChI=1S/C16H32N2/c1-4-16(9-6-7-10-16)13-18-11-8-15(17-5-2)12-14(18)3/h14-15,17H,4-13H2,1-3H3. The van der Waals surface area contributed by atoms with Gasteiger partial charge in [-0.15, -0.1) is 0 Å². The molecule has 1 aliphatic carbocycles. The molecule has 1 heterocycles. The molecule has 2 nitrogen and oxygen atoms in total. The largest absolute Gasteiger partial charge is 0.314 e. The third-order valence-electron chi connectivity index (χ3n) is 5.46. The van der Waals surface area contributed by atoms with E-state index in [1.54, 1.807) is 0 Å². The van der Waals surface area contributed by atoms with E-state index in [0.717, 1.165) is 18.6 Å². The Morgan fingerprint density at radius 3 is 2.50 bits per heavy atom. The molecule has 0 aromatic rings. The van der Waals surface area contributed by atoms with Crippen LogP contribution in [0.5, 0.6) is 0 Å². The van der Waals surface area contributed by atoms with E-state index in [9.17, 15) is 0 Å². The number of piperidine rings is 1. The Morgan fingerprint density at radius 2 is 1.94 bits per heavy atom. The summed E-state index contributed by atoms with van der Waals surface area (Å²) in [6, 6.07) is 1.54. The molecule has 0 radical (unpaired) electrons. The summed E-state index contributed by atoms with van der Waals surface area (Å²) in [5.41, 5.74) is 0.666. The van der Waals surface area contributed by atoms with Gasteiger partial charge in [-0.05, 0) is 57.5 Å². The first kappa shape index (κ1) is 14.3. The Balaban J connectivity index is 1.86. The van der Waals surface area contributed by atoms with E-state index in [2.05, 4.69) is 31.0 Å². The molecule has 0 aromatic carbocycles. The quantitative estimate of drug-likeness (QED) is 0.806. The lowest BCUT2D eigenvalue weighted by molar-refractivity contribution is 0.0750. The molecule has 1 saturated heterocycles. The SMILES string of the molecule is CCNC1CCN(CC2(CC)CCCC2)C(C)C1. The van der Waals surface area contributed by atoms with Crippen LogP contribution in [-0.2, 0) is 0 Å². The fourth-order valence-electron chi connectivity index (χ4n) is 4.11. The van der Waals surface area contributed by atoms with E-state index in [1.807, 2.05) is 0 Å².